The molecule has 98 valence electrons. The molecular weight excluding hydrogens is 238 g/mol. The molecule has 7 heteroatoms. The molecule has 1 aliphatic heterocycles. The SMILES string of the molecule is Cc1cc(CC(=O)N2CC(O)CC2C(N)=O)on1. The number of β-amino-alcohol motifs (C(OH)–C–C–N with tert-alkyl or cyclic N) is 1. The Kier molecular flexibility index (Phi) is 3.33. The first-order valence-electron chi connectivity index (χ1n) is 5.66. The summed E-state index contributed by atoms with van der Waals surface area (Å²) in [5, 5.41) is 13.2. The molecule has 2 rings (SSSR count). The monoisotopic (exact) mass is 253 g/mol. The van der Waals surface area contributed by atoms with E-state index in [2.05, 4.69) is 5.16 Å². The van der Waals surface area contributed by atoms with Gasteiger partial charge in [-0.25, -0.2) is 0 Å². The molecule has 0 saturated carbocycles. The van der Waals surface area contributed by atoms with E-state index in [4.69, 9.17) is 10.3 Å². The van der Waals surface area contributed by atoms with Crippen LogP contribution in [0.1, 0.15) is 17.9 Å². The molecule has 2 unspecified atom stereocenters. The van der Waals surface area contributed by atoms with Gasteiger partial charge in [0.05, 0.1) is 18.2 Å². The van der Waals surface area contributed by atoms with Gasteiger partial charge < -0.3 is 20.3 Å². The Morgan fingerprint density at radius 1 is 1.67 bits per heavy atom. The fraction of sp³-hybridized carbons (Fsp3) is 0.545. The third-order valence-electron chi connectivity index (χ3n) is 2.93. The molecule has 2 amide bonds. The van der Waals surface area contributed by atoms with Crippen molar-refractivity contribution in [1.82, 2.24) is 10.1 Å². The maximum atomic E-state index is 12.0. The number of hydrogen-bond donors (Lipinski definition) is 2. The van der Waals surface area contributed by atoms with E-state index in [1.54, 1.807) is 13.0 Å². The van der Waals surface area contributed by atoms with Gasteiger partial charge in [0.2, 0.25) is 11.8 Å². The largest absolute Gasteiger partial charge is 0.391 e. The average Bonchev–Trinajstić information content (AvgIpc) is 2.85. The number of aliphatic hydroxyl groups excluding tert-OH is 1. The number of nitrogens with zero attached hydrogens (tertiary/aromatic N) is 2. The van der Waals surface area contributed by atoms with Crippen molar-refractivity contribution in [2.24, 2.45) is 5.73 Å². The zero-order valence-corrected chi connectivity index (χ0v) is 10.00. The standard InChI is InChI=1S/C11H15N3O4/c1-6-2-8(18-13-6)4-10(16)14-5-7(15)3-9(14)11(12)17/h2,7,9,15H,3-5H2,1H3,(H2,12,17). The smallest absolute Gasteiger partial charge is 0.240 e. The fourth-order valence-corrected chi connectivity index (χ4v) is 2.11. The highest BCUT2D eigenvalue weighted by molar-refractivity contribution is 5.88. The number of hydrogen-bond acceptors (Lipinski definition) is 5. The van der Waals surface area contributed by atoms with Crippen LogP contribution in [0, 0.1) is 6.92 Å². The molecule has 0 aromatic carbocycles. The number of primary amides is 1. The minimum atomic E-state index is -0.739. The van der Waals surface area contributed by atoms with Gasteiger partial charge in [-0.2, -0.15) is 0 Å². The predicted octanol–water partition coefficient (Wildman–Crippen LogP) is -1.03. The van der Waals surface area contributed by atoms with Gasteiger partial charge in [0.1, 0.15) is 11.8 Å². The van der Waals surface area contributed by atoms with E-state index < -0.39 is 18.1 Å². The first kappa shape index (κ1) is 12.6. The van der Waals surface area contributed by atoms with Gasteiger partial charge in [0.15, 0.2) is 0 Å². The van der Waals surface area contributed by atoms with E-state index in [9.17, 15) is 14.7 Å². The first-order valence-corrected chi connectivity index (χ1v) is 5.66. The number of carbonyl (C=O) groups excluding carboxylic acids is 2. The van der Waals surface area contributed by atoms with Crippen molar-refractivity contribution in [1.29, 1.82) is 0 Å². The van der Waals surface area contributed by atoms with Crippen molar-refractivity contribution in [3.05, 3.63) is 17.5 Å². The molecule has 2 atom stereocenters. The molecule has 2 heterocycles. The van der Waals surface area contributed by atoms with Gasteiger partial charge in [0, 0.05) is 19.0 Å². The van der Waals surface area contributed by atoms with Gasteiger partial charge in [-0.15, -0.1) is 0 Å². The van der Waals surface area contributed by atoms with E-state index >= 15 is 0 Å². The summed E-state index contributed by atoms with van der Waals surface area (Å²) < 4.78 is 4.94. The van der Waals surface area contributed by atoms with E-state index in [0.717, 1.165) is 0 Å². The van der Waals surface area contributed by atoms with Gasteiger partial charge >= 0.3 is 0 Å². The lowest BCUT2D eigenvalue weighted by molar-refractivity contribution is -0.137. The summed E-state index contributed by atoms with van der Waals surface area (Å²) in [5.41, 5.74) is 5.89. The normalized spacial score (nSPS) is 23.3. The molecule has 0 radical (unpaired) electrons. The van der Waals surface area contributed by atoms with Gasteiger partial charge in [-0.3, -0.25) is 9.59 Å². The van der Waals surface area contributed by atoms with Crippen molar-refractivity contribution < 1.29 is 19.2 Å². The van der Waals surface area contributed by atoms with Crippen LogP contribution in [0.5, 0.6) is 0 Å². The van der Waals surface area contributed by atoms with E-state index in [1.807, 2.05) is 0 Å². The highest BCUT2D eigenvalue weighted by atomic mass is 16.5. The number of aliphatic hydroxyl groups is 1. The number of amides is 2. The van der Waals surface area contributed by atoms with E-state index in [-0.39, 0.29) is 25.3 Å². The number of carbonyl (C=O) groups is 2. The molecule has 0 aliphatic carbocycles. The second kappa shape index (κ2) is 4.77. The Morgan fingerprint density at radius 3 is 2.94 bits per heavy atom. The molecule has 1 saturated heterocycles. The molecular formula is C11H15N3O4. The Balaban J connectivity index is 2.06. The molecule has 1 aliphatic rings. The minimum absolute atomic E-state index is 0.0112. The van der Waals surface area contributed by atoms with Gasteiger partial charge in [-0.1, -0.05) is 5.16 Å². The molecule has 1 aromatic rings. The summed E-state index contributed by atoms with van der Waals surface area (Å²) in [6.07, 6.45) is -0.503. The maximum Gasteiger partial charge on any atom is 0.240 e. The summed E-state index contributed by atoms with van der Waals surface area (Å²) in [5.74, 6) is -0.470. The molecule has 1 aromatic heterocycles. The Labute approximate surface area is 104 Å². The lowest BCUT2D eigenvalue weighted by Gasteiger charge is -2.21. The van der Waals surface area contributed by atoms with Crippen LogP contribution in [0.4, 0.5) is 0 Å². The lowest BCUT2D eigenvalue weighted by Crippen LogP contribution is -2.44. The van der Waals surface area contributed by atoms with Crippen LogP contribution in [0.3, 0.4) is 0 Å². The number of likely N-dealkylation sites (tertiary alicyclic amines) is 1. The van der Waals surface area contributed by atoms with Crippen LogP contribution in [0.25, 0.3) is 0 Å². The Bertz CT molecular complexity index is 471. The summed E-state index contributed by atoms with van der Waals surface area (Å²) in [6.45, 7) is 1.88. The number of aryl methyl sites for hydroxylation is 1. The molecule has 3 N–H and O–H groups in total. The van der Waals surface area contributed by atoms with Crippen LogP contribution in [0.15, 0.2) is 10.6 Å². The quantitative estimate of drug-likeness (QED) is 0.716. The van der Waals surface area contributed by atoms with Crippen molar-refractivity contribution in [3.8, 4) is 0 Å². The molecule has 0 spiro atoms. The lowest BCUT2D eigenvalue weighted by atomic mass is 10.2. The number of nitrogens with two attached hydrogens (primary N) is 1. The Morgan fingerprint density at radius 2 is 2.39 bits per heavy atom. The zero-order chi connectivity index (χ0) is 13.3. The average molecular weight is 253 g/mol. The van der Waals surface area contributed by atoms with Crippen LogP contribution >= 0.6 is 0 Å². The second-order valence-corrected chi connectivity index (χ2v) is 4.47. The van der Waals surface area contributed by atoms with Crippen molar-refractivity contribution in [2.75, 3.05) is 6.54 Å². The van der Waals surface area contributed by atoms with Crippen molar-refractivity contribution in [2.45, 2.75) is 31.9 Å². The molecule has 18 heavy (non-hydrogen) atoms. The maximum absolute atomic E-state index is 12.0. The topological polar surface area (TPSA) is 110 Å². The first-order chi connectivity index (χ1) is 8.47. The fourth-order valence-electron chi connectivity index (χ4n) is 2.11. The third-order valence-corrected chi connectivity index (χ3v) is 2.93. The van der Waals surface area contributed by atoms with Crippen LogP contribution in [0.2, 0.25) is 0 Å². The van der Waals surface area contributed by atoms with Crippen molar-refractivity contribution >= 4 is 11.8 Å². The second-order valence-electron chi connectivity index (χ2n) is 4.47. The molecule has 1 fully saturated rings. The van der Waals surface area contributed by atoms with E-state index in [1.165, 1.54) is 4.90 Å². The van der Waals surface area contributed by atoms with E-state index in [0.29, 0.717) is 11.5 Å². The minimum Gasteiger partial charge on any atom is -0.391 e. The predicted molar refractivity (Wildman–Crippen MR) is 60.3 cm³/mol. The Hall–Kier alpha value is -1.89. The summed E-state index contributed by atoms with van der Waals surface area (Å²) in [7, 11) is 0. The highest BCUT2D eigenvalue weighted by Crippen LogP contribution is 2.19. The summed E-state index contributed by atoms with van der Waals surface area (Å²) in [4.78, 5) is 24.5. The molecule has 7 nitrogen and oxygen atoms in total. The van der Waals surface area contributed by atoms with Crippen LogP contribution in [-0.4, -0.2) is 45.7 Å². The van der Waals surface area contributed by atoms with Crippen LogP contribution < -0.4 is 5.73 Å². The number of aromatic nitrogens is 1. The zero-order valence-electron chi connectivity index (χ0n) is 10.00. The number of rotatable bonds is 3. The molecule has 0 bridgehead atoms. The van der Waals surface area contributed by atoms with Gasteiger partial charge in [-0.05, 0) is 6.92 Å². The highest BCUT2D eigenvalue weighted by Gasteiger charge is 2.37. The van der Waals surface area contributed by atoms with Crippen molar-refractivity contribution in [3.63, 3.8) is 0 Å². The summed E-state index contributed by atoms with van der Waals surface area (Å²) >= 11 is 0. The van der Waals surface area contributed by atoms with Crippen LogP contribution in [-0.2, 0) is 16.0 Å². The summed E-state index contributed by atoms with van der Waals surface area (Å²) in [6, 6.07) is 0.917. The third kappa shape index (κ3) is 2.51. The van der Waals surface area contributed by atoms with Gasteiger partial charge in [0.25, 0.3) is 0 Å².